The molecule has 130 valence electrons. The lowest BCUT2D eigenvalue weighted by atomic mass is 10.1. The first-order valence-electron chi connectivity index (χ1n) is 8.20. The topological polar surface area (TPSA) is 56.5 Å². The van der Waals surface area contributed by atoms with E-state index < -0.39 is 0 Å². The minimum Gasteiger partial charge on any atom is -0.508 e. The fraction of sp³-hybridized carbons (Fsp3) is 0.0952. The number of methoxy groups -OCH3 is 2. The smallest absolute Gasteiger partial charge is 0.119 e. The lowest BCUT2D eigenvalue weighted by molar-refractivity contribution is 0.414. The van der Waals surface area contributed by atoms with Crippen molar-refractivity contribution in [2.75, 3.05) is 14.2 Å². The van der Waals surface area contributed by atoms with Gasteiger partial charge in [0.25, 0.3) is 0 Å². The van der Waals surface area contributed by atoms with E-state index in [0.29, 0.717) is 0 Å². The van der Waals surface area contributed by atoms with Crippen LogP contribution in [-0.4, -0.2) is 29.1 Å². The first kappa shape index (κ1) is 16.0. The summed E-state index contributed by atoms with van der Waals surface area (Å²) in [5.74, 6) is 1.79. The SMILES string of the molecule is COc1ccc(-n2nc3ccc(OC)cc3c2-c2ccc(O)cc2)cc1. The van der Waals surface area contributed by atoms with Crippen molar-refractivity contribution in [1.29, 1.82) is 0 Å². The van der Waals surface area contributed by atoms with E-state index in [1.54, 1.807) is 26.4 Å². The average Bonchev–Trinajstić information content (AvgIpc) is 3.07. The van der Waals surface area contributed by atoms with Gasteiger partial charge in [0.05, 0.1) is 31.1 Å². The summed E-state index contributed by atoms with van der Waals surface area (Å²) >= 11 is 0. The monoisotopic (exact) mass is 346 g/mol. The molecule has 0 fully saturated rings. The van der Waals surface area contributed by atoms with Gasteiger partial charge in [0.1, 0.15) is 17.2 Å². The van der Waals surface area contributed by atoms with E-state index in [2.05, 4.69) is 0 Å². The van der Waals surface area contributed by atoms with Crippen molar-refractivity contribution in [2.45, 2.75) is 0 Å². The van der Waals surface area contributed by atoms with Crippen molar-refractivity contribution < 1.29 is 14.6 Å². The molecule has 0 radical (unpaired) electrons. The number of hydrogen-bond donors (Lipinski definition) is 1. The molecule has 0 aliphatic heterocycles. The second-order valence-corrected chi connectivity index (χ2v) is 5.89. The molecule has 0 amide bonds. The zero-order valence-corrected chi connectivity index (χ0v) is 14.5. The third-order valence-electron chi connectivity index (χ3n) is 4.34. The fourth-order valence-corrected chi connectivity index (χ4v) is 3.00. The molecule has 0 aliphatic rings. The van der Waals surface area contributed by atoms with Gasteiger partial charge in [-0.3, -0.25) is 0 Å². The number of hydrogen-bond acceptors (Lipinski definition) is 4. The number of nitrogens with zero attached hydrogens (tertiary/aromatic N) is 2. The molecule has 4 rings (SSSR count). The molecule has 26 heavy (non-hydrogen) atoms. The predicted molar refractivity (Wildman–Crippen MR) is 101 cm³/mol. The van der Waals surface area contributed by atoms with Crippen LogP contribution in [0.5, 0.6) is 17.2 Å². The molecular formula is C21H18N2O3. The van der Waals surface area contributed by atoms with Crippen LogP contribution in [0.25, 0.3) is 27.8 Å². The summed E-state index contributed by atoms with van der Waals surface area (Å²) in [6, 6.07) is 20.7. The lowest BCUT2D eigenvalue weighted by Gasteiger charge is -2.09. The van der Waals surface area contributed by atoms with Gasteiger partial charge < -0.3 is 14.6 Å². The lowest BCUT2D eigenvalue weighted by Crippen LogP contribution is -1.99. The summed E-state index contributed by atoms with van der Waals surface area (Å²) in [5.41, 5.74) is 3.67. The fourth-order valence-electron chi connectivity index (χ4n) is 3.00. The Kier molecular flexibility index (Phi) is 3.97. The molecule has 0 unspecified atom stereocenters. The third kappa shape index (κ3) is 2.73. The van der Waals surface area contributed by atoms with Crippen molar-refractivity contribution in [2.24, 2.45) is 0 Å². The molecule has 1 N–H and O–H groups in total. The summed E-state index contributed by atoms with van der Waals surface area (Å²) in [6.45, 7) is 0. The number of rotatable bonds is 4. The predicted octanol–water partition coefficient (Wildman–Crippen LogP) is 4.42. The summed E-state index contributed by atoms with van der Waals surface area (Å²) in [6.07, 6.45) is 0. The maximum absolute atomic E-state index is 9.64. The molecule has 5 nitrogen and oxygen atoms in total. The largest absolute Gasteiger partial charge is 0.508 e. The molecule has 1 aromatic heterocycles. The highest BCUT2D eigenvalue weighted by Gasteiger charge is 2.16. The van der Waals surface area contributed by atoms with Crippen molar-refractivity contribution in [1.82, 2.24) is 9.78 Å². The Bertz CT molecular complexity index is 1050. The van der Waals surface area contributed by atoms with Crippen LogP contribution in [0.15, 0.2) is 66.7 Å². The van der Waals surface area contributed by atoms with Crippen molar-refractivity contribution in [3.63, 3.8) is 0 Å². The van der Waals surface area contributed by atoms with E-state index in [1.807, 2.05) is 59.3 Å². The van der Waals surface area contributed by atoms with Crippen LogP contribution in [0.2, 0.25) is 0 Å². The molecule has 0 spiro atoms. The molecule has 0 saturated carbocycles. The van der Waals surface area contributed by atoms with Gasteiger partial charge in [-0.2, -0.15) is 5.10 Å². The van der Waals surface area contributed by atoms with Gasteiger partial charge >= 0.3 is 0 Å². The summed E-state index contributed by atoms with van der Waals surface area (Å²) in [4.78, 5) is 0. The van der Waals surface area contributed by atoms with Crippen molar-refractivity contribution in [3.05, 3.63) is 66.7 Å². The van der Waals surface area contributed by atoms with Crippen LogP contribution in [0.4, 0.5) is 0 Å². The van der Waals surface area contributed by atoms with Crippen molar-refractivity contribution in [3.8, 4) is 34.2 Å². The van der Waals surface area contributed by atoms with Crippen LogP contribution in [0, 0.1) is 0 Å². The van der Waals surface area contributed by atoms with Gasteiger partial charge in [-0.25, -0.2) is 4.68 Å². The van der Waals surface area contributed by atoms with Gasteiger partial charge in [0, 0.05) is 10.9 Å². The number of ether oxygens (including phenoxy) is 2. The number of phenolic OH excluding ortho intramolecular Hbond substituents is 1. The molecule has 0 aliphatic carbocycles. The highest BCUT2D eigenvalue weighted by Crippen LogP contribution is 2.34. The second-order valence-electron chi connectivity index (χ2n) is 5.89. The average molecular weight is 346 g/mol. The van der Waals surface area contributed by atoms with E-state index in [-0.39, 0.29) is 5.75 Å². The molecule has 3 aromatic carbocycles. The van der Waals surface area contributed by atoms with Crippen LogP contribution >= 0.6 is 0 Å². The number of benzene rings is 3. The second kappa shape index (κ2) is 6.44. The first-order valence-corrected chi connectivity index (χ1v) is 8.20. The summed E-state index contributed by atoms with van der Waals surface area (Å²) in [5, 5.41) is 15.4. The number of aromatic nitrogens is 2. The Balaban J connectivity index is 1.98. The maximum atomic E-state index is 9.64. The summed E-state index contributed by atoms with van der Waals surface area (Å²) in [7, 11) is 3.29. The molecule has 0 bridgehead atoms. The van der Waals surface area contributed by atoms with E-state index >= 15 is 0 Å². The van der Waals surface area contributed by atoms with Crippen LogP contribution in [-0.2, 0) is 0 Å². The zero-order chi connectivity index (χ0) is 18.1. The van der Waals surface area contributed by atoms with Gasteiger partial charge in [0.2, 0.25) is 0 Å². The molecule has 4 aromatic rings. The van der Waals surface area contributed by atoms with Gasteiger partial charge in [-0.05, 0) is 66.7 Å². The van der Waals surface area contributed by atoms with Crippen molar-refractivity contribution >= 4 is 10.9 Å². The number of aromatic hydroxyl groups is 1. The highest BCUT2D eigenvalue weighted by molar-refractivity contribution is 5.95. The van der Waals surface area contributed by atoms with E-state index in [1.165, 1.54) is 0 Å². The van der Waals surface area contributed by atoms with Gasteiger partial charge in [0.15, 0.2) is 0 Å². The minimum absolute atomic E-state index is 0.228. The molecule has 0 saturated heterocycles. The molecule has 0 atom stereocenters. The molecule has 1 heterocycles. The first-order chi connectivity index (χ1) is 12.7. The number of phenols is 1. The maximum Gasteiger partial charge on any atom is 0.119 e. The van der Waals surface area contributed by atoms with Crippen LogP contribution < -0.4 is 9.47 Å². The Labute approximate surface area is 151 Å². The Morgan fingerprint density at radius 2 is 1.46 bits per heavy atom. The van der Waals surface area contributed by atoms with E-state index in [4.69, 9.17) is 14.6 Å². The summed E-state index contributed by atoms with van der Waals surface area (Å²) < 4.78 is 12.5. The van der Waals surface area contributed by atoms with Gasteiger partial charge in [-0.1, -0.05) is 0 Å². The minimum atomic E-state index is 0.228. The Hall–Kier alpha value is -3.47. The van der Waals surface area contributed by atoms with Gasteiger partial charge in [-0.15, -0.1) is 0 Å². The molecule has 5 heteroatoms. The highest BCUT2D eigenvalue weighted by atomic mass is 16.5. The normalized spacial score (nSPS) is 10.8. The Morgan fingerprint density at radius 3 is 2.12 bits per heavy atom. The van der Waals surface area contributed by atoms with E-state index in [0.717, 1.165) is 39.3 Å². The van der Waals surface area contributed by atoms with Crippen LogP contribution in [0.1, 0.15) is 0 Å². The van der Waals surface area contributed by atoms with E-state index in [9.17, 15) is 5.11 Å². The zero-order valence-electron chi connectivity index (χ0n) is 14.5. The number of fused-ring (bicyclic) bond motifs is 1. The standard InChI is InChI=1S/C21H18N2O3/c1-25-17-9-5-15(6-10-17)23-21(14-3-7-16(24)8-4-14)19-13-18(26-2)11-12-20(19)22-23/h3-13,24H,1-2H3. The van der Waals surface area contributed by atoms with Crippen LogP contribution in [0.3, 0.4) is 0 Å². The quantitative estimate of drug-likeness (QED) is 0.594. The molecular weight excluding hydrogens is 328 g/mol. The Morgan fingerprint density at radius 1 is 0.808 bits per heavy atom. The third-order valence-corrected chi connectivity index (χ3v) is 4.34.